The van der Waals surface area contributed by atoms with Crippen LogP contribution >= 0.6 is 0 Å². The molecule has 0 spiro atoms. The summed E-state index contributed by atoms with van der Waals surface area (Å²) in [6.07, 6.45) is 0. The summed E-state index contributed by atoms with van der Waals surface area (Å²) >= 11 is 0. The van der Waals surface area contributed by atoms with E-state index in [0.717, 1.165) is 0 Å². The van der Waals surface area contributed by atoms with Gasteiger partial charge in [0.2, 0.25) is 5.91 Å². The van der Waals surface area contributed by atoms with E-state index in [4.69, 9.17) is 5.26 Å². The molecule has 0 aliphatic carbocycles. The van der Waals surface area contributed by atoms with Gasteiger partial charge in [-0.3, -0.25) is 14.4 Å². The fourth-order valence-corrected chi connectivity index (χ4v) is 3.13. The molecule has 1 heterocycles. The van der Waals surface area contributed by atoms with Gasteiger partial charge in [0.1, 0.15) is 6.54 Å². The van der Waals surface area contributed by atoms with Crippen molar-refractivity contribution in [3.63, 3.8) is 0 Å². The Balaban J connectivity index is 1.79. The van der Waals surface area contributed by atoms with Gasteiger partial charge in [0.05, 0.1) is 11.6 Å². The fourth-order valence-electron chi connectivity index (χ4n) is 3.13. The highest BCUT2D eigenvalue weighted by Gasteiger charge is 2.33. The lowest BCUT2D eigenvalue weighted by molar-refractivity contribution is -0.121. The maximum Gasteiger partial charge on any atom is 0.254 e. The van der Waals surface area contributed by atoms with E-state index < -0.39 is 0 Å². The van der Waals surface area contributed by atoms with Crippen molar-refractivity contribution in [2.75, 3.05) is 18.0 Å². The summed E-state index contributed by atoms with van der Waals surface area (Å²) in [5, 5.41) is 8.89. The van der Waals surface area contributed by atoms with E-state index in [1.54, 1.807) is 53.4 Å². The number of hydrogen-bond acceptors (Lipinski definition) is 4. The van der Waals surface area contributed by atoms with Crippen LogP contribution in [-0.2, 0) is 4.79 Å². The van der Waals surface area contributed by atoms with E-state index in [2.05, 4.69) is 0 Å². The van der Waals surface area contributed by atoms with Crippen LogP contribution < -0.4 is 4.90 Å². The lowest BCUT2D eigenvalue weighted by atomic mass is 10.0. The minimum absolute atomic E-state index is 0.0374. The third kappa shape index (κ3) is 3.72. The Morgan fingerprint density at radius 3 is 2.41 bits per heavy atom. The summed E-state index contributed by atoms with van der Waals surface area (Å²) in [4.78, 5) is 40.2. The lowest BCUT2D eigenvalue weighted by Crippen LogP contribution is -2.57. The van der Waals surface area contributed by atoms with E-state index in [-0.39, 0.29) is 30.2 Å². The first-order chi connectivity index (χ1) is 12.9. The van der Waals surface area contributed by atoms with Gasteiger partial charge >= 0.3 is 0 Å². The van der Waals surface area contributed by atoms with Gasteiger partial charge in [0, 0.05) is 29.4 Å². The van der Waals surface area contributed by atoms with E-state index in [1.807, 2.05) is 13.0 Å². The van der Waals surface area contributed by atoms with Crippen LogP contribution in [-0.4, -0.2) is 41.6 Å². The van der Waals surface area contributed by atoms with Crippen molar-refractivity contribution in [1.29, 1.82) is 5.26 Å². The van der Waals surface area contributed by atoms with E-state index in [0.29, 0.717) is 28.9 Å². The highest BCUT2D eigenvalue weighted by atomic mass is 16.2. The molecule has 1 fully saturated rings. The van der Waals surface area contributed by atoms with Gasteiger partial charge < -0.3 is 9.80 Å². The molecule has 27 heavy (non-hydrogen) atoms. The van der Waals surface area contributed by atoms with Crippen LogP contribution in [0.4, 0.5) is 5.69 Å². The fraction of sp³-hybridized carbons (Fsp3) is 0.238. The molecule has 0 saturated carbocycles. The molecule has 2 aromatic rings. The second-order valence-electron chi connectivity index (χ2n) is 6.58. The molecule has 1 aliphatic rings. The van der Waals surface area contributed by atoms with E-state index in [1.165, 1.54) is 11.8 Å². The maximum absolute atomic E-state index is 12.9. The summed E-state index contributed by atoms with van der Waals surface area (Å²) in [7, 11) is 0. The number of anilines is 1. The number of Topliss-reactive ketones (excluding diaryl/α,β-unsaturated/α-hetero) is 1. The number of piperazine rings is 1. The van der Waals surface area contributed by atoms with Crippen molar-refractivity contribution in [1.82, 2.24) is 4.90 Å². The van der Waals surface area contributed by atoms with E-state index in [9.17, 15) is 14.4 Å². The number of ketones is 1. The maximum atomic E-state index is 12.9. The average molecular weight is 361 g/mol. The largest absolute Gasteiger partial charge is 0.325 e. The molecule has 1 aliphatic heterocycles. The zero-order valence-electron chi connectivity index (χ0n) is 15.2. The Morgan fingerprint density at radius 2 is 1.78 bits per heavy atom. The molecule has 6 nitrogen and oxygen atoms in total. The van der Waals surface area contributed by atoms with Gasteiger partial charge in [-0.25, -0.2) is 0 Å². The molecule has 1 atom stereocenters. The number of benzene rings is 2. The highest BCUT2D eigenvalue weighted by molar-refractivity contribution is 6.03. The minimum atomic E-state index is -0.265. The number of nitrogens with zero attached hydrogens (tertiary/aromatic N) is 3. The van der Waals surface area contributed by atoms with Crippen molar-refractivity contribution >= 4 is 23.3 Å². The van der Waals surface area contributed by atoms with Crippen molar-refractivity contribution in [3.05, 3.63) is 65.2 Å². The Hall–Kier alpha value is -3.46. The summed E-state index contributed by atoms with van der Waals surface area (Å²) in [6.45, 7) is 3.66. The first-order valence-electron chi connectivity index (χ1n) is 8.63. The summed E-state index contributed by atoms with van der Waals surface area (Å²) in [6, 6.07) is 15.2. The molecule has 0 N–H and O–H groups in total. The number of carbonyl (C=O) groups excluding carboxylic acids is 3. The first kappa shape index (κ1) is 18.3. The van der Waals surface area contributed by atoms with Crippen LogP contribution in [0.1, 0.15) is 40.1 Å². The molecule has 2 aromatic carbocycles. The average Bonchev–Trinajstić information content (AvgIpc) is 2.69. The molecule has 1 saturated heterocycles. The highest BCUT2D eigenvalue weighted by Crippen LogP contribution is 2.22. The van der Waals surface area contributed by atoms with Crippen molar-refractivity contribution in [2.24, 2.45) is 0 Å². The van der Waals surface area contributed by atoms with E-state index >= 15 is 0 Å². The second kappa shape index (κ2) is 7.42. The van der Waals surface area contributed by atoms with Crippen LogP contribution in [0.2, 0.25) is 0 Å². The normalized spacial score (nSPS) is 16.8. The van der Waals surface area contributed by atoms with Gasteiger partial charge in [-0.1, -0.05) is 12.1 Å². The molecule has 2 amide bonds. The Kier molecular flexibility index (Phi) is 5.04. The summed E-state index contributed by atoms with van der Waals surface area (Å²) in [5.74, 6) is -0.563. The molecule has 6 heteroatoms. The first-order valence-corrected chi connectivity index (χ1v) is 8.63. The summed E-state index contributed by atoms with van der Waals surface area (Å²) in [5.41, 5.74) is 2.10. The second-order valence-corrected chi connectivity index (χ2v) is 6.58. The van der Waals surface area contributed by atoms with Crippen molar-refractivity contribution in [2.45, 2.75) is 19.9 Å². The number of amides is 2. The van der Waals surface area contributed by atoms with Gasteiger partial charge in [0.15, 0.2) is 5.78 Å². The minimum Gasteiger partial charge on any atom is -0.325 e. The van der Waals surface area contributed by atoms with Crippen molar-refractivity contribution < 1.29 is 14.4 Å². The Morgan fingerprint density at radius 1 is 1.11 bits per heavy atom. The Labute approximate surface area is 157 Å². The number of rotatable bonds is 3. The van der Waals surface area contributed by atoms with Gasteiger partial charge in [-0.2, -0.15) is 5.26 Å². The van der Waals surface area contributed by atoms with Crippen LogP contribution in [0.3, 0.4) is 0 Å². The molecule has 136 valence electrons. The third-order valence-corrected chi connectivity index (χ3v) is 4.67. The topological polar surface area (TPSA) is 81.5 Å². The van der Waals surface area contributed by atoms with Crippen LogP contribution in [0.15, 0.2) is 48.5 Å². The van der Waals surface area contributed by atoms with Crippen LogP contribution in [0.5, 0.6) is 0 Å². The molecular formula is C21H19N3O3. The number of carbonyl (C=O) groups is 3. The predicted molar refractivity (Wildman–Crippen MR) is 100 cm³/mol. The van der Waals surface area contributed by atoms with Crippen molar-refractivity contribution in [3.8, 4) is 6.07 Å². The quantitative estimate of drug-likeness (QED) is 0.787. The molecule has 0 aromatic heterocycles. The predicted octanol–water partition coefficient (Wildman–Crippen LogP) is 2.64. The molecule has 0 bridgehead atoms. The molecular weight excluding hydrogens is 342 g/mol. The summed E-state index contributed by atoms with van der Waals surface area (Å²) < 4.78 is 0. The third-order valence-electron chi connectivity index (χ3n) is 4.67. The van der Waals surface area contributed by atoms with Gasteiger partial charge in [0.25, 0.3) is 5.91 Å². The van der Waals surface area contributed by atoms with Crippen LogP contribution in [0, 0.1) is 11.3 Å². The number of nitriles is 1. The molecule has 0 radical (unpaired) electrons. The zero-order valence-corrected chi connectivity index (χ0v) is 15.2. The SMILES string of the molecule is CC(=O)c1cccc(C(=O)N2CC(=O)N(c3ccc(C#N)cc3)CC2C)c1. The monoisotopic (exact) mass is 361 g/mol. The number of hydrogen-bond donors (Lipinski definition) is 0. The molecule has 3 rings (SSSR count). The molecule has 1 unspecified atom stereocenters. The smallest absolute Gasteiger partial charge is 0.254 e. The lowest BCUT2D eigenvalue weighted by Gasteiger charge is -2.39. The van der Waals surface area contributed by atoms with Gasteiger partial charge in [-0.15, -0.1) is 0 Å². The Bertz CT molecular complexity index is 944. The standard InChI is InChI=1S/C21H19N3O3/c1-14-12-24(19-8-6-16(11-22)7-9-19)20(26)13-23(14)21(27)18-5-3-4-17(10-18)15(2)25/h3-10,14H,12-13H2,1-2H3. The van der Waals surface area contributed by atoms with Gasteiger partial charge in [-0.05, 0) is 50.2 Å². The van der Waals surface area contributed by atoms with Crippen LogP contribution in [0.25, 0.3) is 0 Å². The zero-order chi connectivity index (χ0) is 19.6.